The highest BCUT2D eigenvalue weighted by molar-refractivity contribution is 6.00. The van der Waals surface area contributed by atoms with Crippen LogP contribution >= 0.6 is 0 Å². The number of hydrogen-bond donors (Lipinski definition) is 2. The number of nitrogens with zero attached hydrogens (tertiary/aromatic N) is 1. The monoisotopic (exact) mass is 275 g/mol. The first-order valence-electron chi connectivity index (χ1n) is 6.68. The van der Waals surface area contributed by atoms with Crippen molar-refractivity contribution in [2.24, 2.45) is 0 Å². The summed E-state index contributed by atoms with van der Waals surface area (Å²) in [6.45, 7) is 4.59. The van der Waals surface area contributed by atoms with Gasteiger partial charge in [0.1, 0.15) is 0 Å². The number of ether oxygens (including phenoxy) is 2. The first-order valence-corrected chi connectivity index (χ1v) is 6.68. The first-order chi connectivity index (χ1) is 9.72. The predicted molar refractivity (Wildman–Crippen MR) is 82.1 cm³/mol. The maximum Gasteiger partial charge on any atom is 0.0701 e. The highest BCUT2D eigenvalue weighted by Gasteiger charge is 2.04. The van der Waals surface area contributed by atoms with Crippen molar-refractivity contribution >= 4 is 22.1 Å². The Bertz CT molecular complexity index is 572. The van der Waals surface area contributed by atoms with Gasteiger partial charge >= 0.3 is 0 Å². The predicted octanol–water partition coefficient (Wildman–Crippen LogP) is 2.20. The molecule has 5 heteroatoms. The number of pyridine rings is 1. The summed E-state index contributed by atoms with van der Waals surface area (Å²) in [5.74, 6) is 0. The van der Waals surface area contributed by atoms with Gasteiger partial charge in [-0.1, -0.05) is 0 Å². The van der Waals surface area contributed by atoms with E-state index in [1.54, 1.807) is 7.11 Å². The number of nitrogens with one attached hydrogen (secondary N) is 1. The summed E-state index contributed by atoms with van der Waals surface area (Å²) in [4.78, 5) is 4.29. The van der Waals surface area contributed by atoms with E-state index in [1.807, 2.05) is 31.3 Å². The fraction of sp³-hybridized carbons (Fsp3) is 0.400. The topological polar surface area (TPSA) is 69.4 Å². The van der Waals surface area contributed by atoms with E-state index in [1.165, 1.54) is 0 Å². The molecule has 2 rings (SSSR count). The zero-order valence-corrected chi connectivity index (χ0v) is 12.0. The van der Waals surface area contributed by atoms with Crippen LogP contribution in [0, 0.1) is 6.92 Å². The number of nitrogen functional groups attached to an aromatic ring is 1. The van der Waals surface area contributed by atoms with Crippen LogP contribution in [-0.2, 0) is 9.47 Å². The van der Waals surface area contributed by atoms with Gasteiger partial charge in [-0.3, -0.25) is 4.98 Å². The second-order valence-corrected chi connectivity index (χ2v) is 4.61. The van der Waals surface area contributed by atoms with Crippen molar-refractivity contribution in [2.75, 3.05) is 44.5 Å². The van der Waals surface area contributed by atoms with Gasteiger partial charge in [0, 0.05) is 47.7 Å². The molecule has 108 valence electrons. The van der Waals surface area contributed by atoms with Crippen LogP contribution in [0.3, 0.4) is 0 Å². The molecule has 2 aromatic rings. The summed E-state index contributed by atoms with van der Waals surface area (Å²) in [7, 11) is 1.67. The zero-order valence-electron chi connectivity index (χ0n) is 12.0. The lowest BCUT2D eigenvalue weighted by Gasteiger charge is -2.12. The van der Waals surface area contributed by atoms with Gasteiger partial charge < -0.3 is 20.5 Å². The Morgan fingerprint density at radius 3 is 2.85 bits per heavy atom. The summed E-state index contributed by atoms with van der Waals surface area (Å²) < 4.78 is 10.4. The summed E-state index contributed by atoms with van der Waals surface area (Å²) in [6.07, 6.45) is 1.82. The molecule has 1 aromatic carbocycles. The van der Waals surface area contributed by atoms with Crippen LogP contribution in [0.4, 0.5) is 11.4 Å². The molecule has 0 spiro atoms. The molecule has 20 heavy (non-hydrogen) atoms. The van der Waals surface area contributed by atoms with E-state index in [4.69, 9.17) is 15.2 Å². The molecule has 5 nitrogen and oxygen atoms in total. The van der Waals surface area contributed by atoms with Gasteiger partial charge in [0.25, 0.3) is 0 Å². The fourth-order valence-electron chi connectivity index (χ4n) is 2.02. The molecule has 0 saturated carbocycles. The molecule has 0 aliphatic carbocycles. The molecule has 0 fully saturated rings. The number of hydrogen-bond acceptors (Lipinski definition) is 5. The number of methoxy groups -OCH3 is 1. The van der Waals surface area contributed by atoms with Gasteiger partial charge in [-0.05, 0) is 25.1 Å². The Kier molecular flexibility index (Phi) is 5.15. The second-order valence-electron chi connectivity index (χ2n) is 4.61. The normalized spacial score (nSPS) is 10.9. The molecule has 0 unspecified atom stereocenters. The molecule has 0 aliphatic rings. The largest absolute Gasteiger partial charge is 0.398 e. The number of aryl methyl sites for hydroxylation is 1. The van der Waals surface area contributed by atoms with Crippen LogP contribution < -0.4 is 11.1 Å². The van der Waals surface area contributed by atoms with Gasteiger partial charge in [-0.2, -0.15) is 0 Å². The molecule has 0 saturated heterocycles. The Morgan fingerprint density at radius 2 is 2.05 bits per heavy atom. The van der Waals surface area contributed by atoms with Crippen molar-refractivity contribution in [3.8, 4) is 0 Å². The third-order valence-electron chi connectivity index (χ3n) is 3.07. The molecule has 3 N–H and O–H groups in total. The molecule has 0 atom stereocenters. The Balaban J connectivity index is 2.03. The molecule has 1 heterocycles. The lowest BCUT2D eigenvalue weighted by Crippen LogP contribution is -2.12. The van der Waals surface area contributed by atoms with Gasteiger partial charge in [0.2, 0.25) is 0 Å². The molecule has 1 aromatic heterocycles. The van der Waals surface area contributed by atoms with Crippen molar-refractivity contribution in [1.82, 2.24) is 4.98 Å². The van der Waals surface area contributed by atoms with E-state index in [-0.39, 0.29) is 0 Å². The number of anilines is 2. The Labute approximate surface area is 119 Å². The van der Waals surface area contributed by atoms with Crippen LogP contribution in [0.15, 0.2) is 24.4 Å². The van der Waals surface area contributed by atoms with Crippen molar-refractivity contribution in [3.05, 3.63) is 30.1 Å². The molecule has 0 radical (unpaired) electrons. The number of nitrogens with two attached hydrogens (primary N) is 1. The minimum Gasteiger partial charge on any atom is -0.398 e. The van der Waals surface area contributed by atoms with E-state index >= 15 is 0 Å². The van der Waals surface area contributed by atoms with E-state index in [9.17, 15) is 0 Å². The van der Waals surface area contributed by atoms with Gasteiger partial charge in [-0.15, -0.1) is 0 Å². The number of rotatable bonds is 7. The maximum atomic E-state index is 5.98. The maximum absolute atomic E-state index is 5.98. The summed E-state index contributed by atoms with van der Waals surface area (Å²) >= 11 is 0. The summed E-state index contributed by atoms with van der Waals surface area (Å²) in [6, 6.07) is 5.93. The lowest BCUT2D eigenvalue weighted by molar-refractivity contribution is 0.0759. The van der Waals surface area contributed by atoms with Gasteiger partial charge in [0.15, 0.2) is 0 Å². The van der Waals surface area contributed by atoms with Crippen LogP contribution in [0.25, 0.3) is 10.8 Å². The van der Waals surface area contributed by atoms with Gasteiger partial charge in [0.05, 0.1) is 19.8 Å². The van der Waals surface area contributed by atoms with Gasteiger partial charge in [-0.25, -0.2) is 0 Å². The van der Waals surface area contributed by atoms with Crippen molar-refractivity contribution in [3.63, 3.8) is 0 Å². The SMILES string of the molecule is COCCOCCNc1ccc(N)c2cnc(C)cc12. The molecule has 0 bridgehead atoms. The average molecular weight is 275 g/mol. The third kappa shape index (κ3) is 3.59. The quantitative estimate of drug-likeness (QED) is 0.599. The van der Waals surface area contributed by atoms with Crippen LogP contribution in [0.5, 0.6) is 0 Å². The Morgan fingerprint density at radius 1 is 1.20 bits per heavy atom. The van der Waals surface area contributed by atoms with Crippen molar-refractivity contribution in [1.29, 1.82) is 0 Å². The molecule has 0 amide bonds. The van der Waals surface area contributed by atoms with E-state index in [0.717, 1.165) is 34.4 Å². The number of aromatic nitrogens is 1. The first kappa shape index (κ1) is 14.6. The molecular weight excluding hydrogens is 254 g/mol. The minimum atomic E-state index is 0.615. The van der Waals surface area contributed by atoms with E-state index < -0.39 is 0 Å². The zero-order chi connectivity index (χ0) is 14.4. The summed E-state index contributed by atoms with van der Waals surface area (Å²) in [5.41, 5.74) is 8.75. The fourth-order valence-corrected chi connectivity index (χ4v) is 2.02. The minimum absolute atomic E-state index is 0.615. The van der Waals surface area contributed by atoms with E-state index in [2.05, 4.69) is 10.3 Å². The molecule has 0 aliphatic heterocycles. The highest BCUT2D eigenvalue weighted by Crippen LogP contribution is 2.28. The van der Waals surface area contributed by atoms with Crippen LogP contribution in [0.2, 0.25) is 0 Å². The number of fused-ring (bicyclic) bond motifs is 1. The Hall–Kier alpha value is -1.85. The van der Waals surface area contributed by atoms with Crippen LogP contribution in [-0.4, -0.2) is 38.5 Å². The second kappa shape index (κ2) is 7.07. The standard InChI is InChI=1S/C15H21N3O2/c1-11-9-12-13(10-18-11)14(16)3-4-15(12)17-5-6-20-8-7-19-2/h3-4,9-10,17H,5-8,16H2,1-2H3. The van der Waals surface area contributed by atoms with E-state index in [0.29, 0.717) is 19.8 Å². The van der Waals surface area contributed by atoms with Crippen LogP contribution in [0.1, 0.15) is 5.69 Å². The molecular formula is C15H21N3O2. The average Bonchev–Trinajstić information content (AvgIpc) is 2.45. The van der Waals surface area contributed by atoms with Crippen molar-refractivity contribution < 1.29 is 9.47 Å². The smallest absolute Gasteiger partial charge is 0.0701 e. The number of benzene rings is 1. The third-order valence-corrected chi connectivity index (χ3v) is 3.07. The lowest BCUT2D eigenvalue weighted by atomic mass is 10.1. The highest BCUT2D eigenvalue weighted by atomic mass is 16.5. The van der Waals surface area contributed by atoms with Crippen molar-refractivity contribution in [2.45, 2.75) is 6.92 Å². The summed E-state index contributed by atoms with van der Waals surface area (Å²) in [5, 5.41) is 5.43.